The minimum atomic E-state index is -0.675. The highest BCUT2D eigenvalue weighted by molar-refractivity contribution is 5.86. The Balaban J connectivity index is 1.54. The highest BCUT2D eigenvalue weighted by Crippen LogP contribution is 2.28. The predicted octanol–water partition coefficient (Wildman–Crippen LogP) is 1.87. The maximum Gasteiger partial charge on any atom is 0.242 e. The summed E-state index contributed by atoms with van der Waals surface area (Å²) in [5, 5.41) is 0. The summed E-state index contributed by atoms with van der Waals surface area (Å²) in [5.41, 5.74) is 7.92. The summed E-state index contributed by atoms with van der Waals surface area (Å²) in [4.78, 5) is 29.1. The smallest absolute Gasteiger partial charge is 0.242 e. The molecule has 136 valence electrons. The molecule has 1 aliphatic carbocycles. The van der Waals surface area contributed by atoms with Gasteiger partial charge in [-0.25, -0.2) is 0 Å². The number of rotatable bonds is 3. The summed E-state index contributed by atoms with van der Waals surface area (Å²) in [5.74, 6) is 0.222. The van der Waals surface area contributed by atoms with Crippen LogP contribution in [0.5, 0.6) is 0 Å². The molecule has 0 bridgehead atoms. The maximum absolute atomic E-state index is 12.8. The van der Waals surface area contributed by atoms with Gasteiger partial charge in [-0.3, -0.25) is 9.59 Å². The Morgan fingerprint density at radius 2 is 1.60 bits per heavy atom. The van der Waals surface area contributed by atoms with E-state index in [0.29, 0.717) is 32.6 Å². The Labute approximate surface area is 150 Å². The SMILES string of the molecule is Cc1ccccc1CC(=O)N1CCN(C(=O)C2(N)CCCCC2)CC1. The van der Waals surface area contributed by atoms with Crippen LogP contribution in [-0.4, -0.2) is 53.3 Å². The number of carbonyl (C=O) groups is 2. The summed E-state index contributed by atoms with van der Waals surface area (Å²) < 4.78 is 0. The number of amides is 2. The Morgan fingerprint density at radius 3 is 2.24 bits per heavy atom. The first kappa shape index (κ1) is 17.9. The molecule has 2 N–H and O–H groups in total. The number of aryl methyl sites for hydroxylation is 1. The van der Waals surface area contributed by atoms with Gasteiger partial charge in [0.1, 0.15) is 0 Å². The normalized spacial score (nSPS) is 20.4. The molecule has 1 heterocycles. The first-order valence-corrected chi connectivity index (χ1v) is 9.40. The van der Waals surface area contributed by atoms with Gasteiger partial charge in [0.05, 0.1) is 12.0 Å². The number of benzene rings is 1. The lowest BCUT2D eigenvalue weighted by molar-refractivity contribution is -0.143. The monoisotopic (exact) mass is 343 g/mol. The van der Waals surface area contributed by atoms with E-state index >= 15 is 0 Å². The standard InChI is InChI=1S/C20H29N3O2/c1-16-7-3-4-8-17(16)15-18(24)22-11-13-23(14-12-22)19(25)20(21)9-5-2-6-10-20/h3-4,7-8H,2,5-6,9-15,21H2,1H3. The molecule has 2 fully saturated rings. The molecular weight excluding hydrogens is 314 g/mol. The van der Waals surface area contributed by atoms with Crippen molar-refractivity contribution < 1.29 is 9.59 Å². The third kappa shape index (κ3) is 4.03. The molecule has 0 atom stereocenters. The molecule has 2 aliphatic rings. The Hall–Kier alpha value is -1.88. The van der Waals surface area contributed by atoms with Gasteiger partial charge >= 0.3 is 0 Å². The number of nitrogens with two attached hydrogens (primary N) is 1. The number of hydrogen-bond donors (Lipinski definition) is 1. The van der Waals surface area contributed by atoms with Gasteiger partial charge in [0.25, 0.3) is 0 Å². The van der Waals surface area contributed by atoms with Crippen molar-refractivity contribution in [2.24, 2.45) is 5.73 Å². The predicted molar refractivity (Wildman–Crippen MR) is 98.0 cm³/mol. The quantitative estimate of drug-likeness (QED) is 0.911. The molecule has 25 heavy (non-hydrogen) atoms. The molecule has 0 radical (unpaired) electrons. The van der Waals surface area contributed by atoms with Crippen LogP contribution in [0.15, 0.2) is 24.3 Å². The highest BCUT2D eigenvalue weighted by atomic mass is 16.2. The van der Waals surface area contributed by atoms with E-state index < -0.39 is 5.54 Å². The van der Waals surface area contributed by atoms with Crippen molar-refractivity contribution in [1.82, 2.24) is 9.80 Å². The van der Waals surface area contributed by atoms with Gasteiger partial charge in [-0.15, -0.1) is 0 Å². The topological polar surface area (TPSA) is 66.6 Å². The lowest BCUT2D eigenvalue weighted by Gasteiger charge is -2.41. The van der Waals surface area contributed by atoms with Crippen LogP contribution in [-0.2, 0) is 16.0 Å². The first-order chi connectivity index (χ1) is 12.0. The van der Waals surface area contributed by atoms with Gasteiger partial charge < -0.3 is 15.5 Å². The van der Waals surface area contributed by atoms with Crippen LogP contribution >= 0.6 is 0 Å². The van der Waals surface area contributed by atoms with Gasteiger partial charge in [-0.05, 0) is 30.9 Å². The lowest BCUT2D eigenvalue weighted by atomic mass is 9.81. The van der Waals surface area contributed by atoms with E-state index in [0.717, 1.165) is 36.8 Å². The summed E-state index contributed by atoms with van der Waals surface area (Å²) >= 11 is 0. The van der Waals surface area contributed by atoms with Crippen molar-refractivity contribution in [3.63, 3.8) is 0 Å². The fourth-order valence-electron chi connectivity index (χ4n) is 3.95. The third-order valence-corrected chi connectivity index (χ3v) is 5.69. The fraction of sp³-hybridized carbons (Fsp3) is 0.600. The van der Waals surface area contributed by atoms with E-state index in [1.54, 1.807) is 0 Å². The van der Waals surface area contributed by atoms with E-state index in [-0.39, 0.29) is 11.8 Å². The van der Waals surface area contributed by atoms with Crippen molar-refractivity contribution in [2.75, 3.05) is 26.2 Å². The second kappa shape index (κ2) is 7.56. The van der Waals surface area contributed by atoms with E-state index in [4.69, 9.17) is 5.73 Å². The van der Waals surface area contributed by atoms with E-state index in [1.165, 1.54) is 6.42 Å². The average molecular weight is 343 g/mol. The minimum Gasteiger partial charge on any atom is -0.339 e. The summed E-state index contributed by atoms with van der Waals surface area (Å²) in [7, 11) is 0. The molecule has 1 aliphatic heterocycles. The van der Waals surface area contributed by atoms with Gasteiger partial charge in [-0.2, -0.15) is 0 Å². The van der Waals surface area contributed by atoms with E-state index in [1.807, 2.05) is 41.0 Å². The van der Waals surface area contributed by atoms with Crippen molar-refractivity contribution >= 4 is 11.8 Å². The summed E-state index contributed by atoms with van der Waals surface area (Å²) in [6.45, 7) is 4.43. The molecule has 0 unspecified atom stereocenters. The average Bonchev–Trinajstić information content (AvgIpc) is 2.64. The largest absolute Gasteiger partial charge is 0.339 e. The third-order valence-electron chi connectivity index (χ3n) is 5.69. The van der Waals surface area contributed by atoms with Crippen LogP contribution in [0.3, 0.4) is 0 Å². The minimum absolute atomic E-state index is 0.0817. The zero-order chi connectivity index (χ0) is 17.9. The van der Waals surface area contributed by atoms with Crippen molar-refractivity contribution in [1.29, 1.82) is 0 Å². The van der Waals surface area contributed by atoms with E-state index in [9.17, 15) is 9.59 Å². The number of hydrogen-bond acceptors (Lipinski definition) is 3. The van der Waals surface area contributed by atoms with Gasteiger partial charge in [0.2, 0.25) is 11.8 Å². The Bertz CT molecular complexity index is 630. The van der Waals surface area contributed by atoms with Gasteiger partial charge in [-0.1, -0.05) is 43.5 Å². The first-order valence-electron chi connectivity index (χ1n) is 9.40. The zero-order valence-electron chi connectivity index (χ0n) is 15.2. The van der Waals surface area contributed by atoms with Gasteiger partial charge in [0, 0.05) is 26.2 Å². The zero-order valence-corrected chi connectivity index (χ0v) is 15.2. The molecular formula is C20H29N3O2. The van der Waals surface area contributed by atoms with Crippen molar-refractivity contribution in [3.8, 4) is 0 Å². The molecule has 1 aromatic carbocycles. The molecule has 5 nitrogen and oxygen atoms in total. The van der Waals surface area contributed by atoms with Crippen molar-refractivity contribution in [3.05, 3.63) is 35.4 Å². The lowest BCUT2D eigenvalue weighted by Crippen LogP contribution is -2.60. The molecule has 1 saturated heterocycles. The number of nitrogens with zero attached hydrogens (tertiary/aromatic N) is 2. The van der Waals surface area contributed by atoms with Crippen LogP contribution in [0, 0.1) is 6.92 Å². The summed E-state index contributed by atoms with van der Waals surface area (Å²) in [6.07, 6.45) is 5.26. The summed E-state index contributed by atoms with van der Waals surface area (Å²) in [6, 6.07) is 8.00. The Morgan fingerprint density at radius 1 is 1.00 bits per heavy atom. The van der Waals surface area contributed by atoms with E-state index in [2.05, 4.69) is 0 Å². The fourth-order valence-corrected chi connectivity index (χ4v) is 3.95. The Kier molecular flexibility index (Phi) is 5.42. The molecule has 0 aromatic heterocycles. The second-order valence-corrected chi connectivity index (χ2v) is 7.49. The molecule has 0 spiro atoms. The van der Waals surface area contributed by atoms with Crippen LogP contribution in [0.2, 0.25) is 0 Å². The highest BCUT2D eigenvalue weighted by Gasteiger charge is 2.39. The van der Waals surface area contributed by atoms with Crippen LogP contribution in [0.4, 0.5) is 0 Å². The molecule has 2 amide bonds. The van der Waals surface area contributed by atoms with Crippen LogP contribution in [0.1, 0.15) is 43.2 Å². The van der Waals surface area contributed by atoms with Crippen LogP contribution in [0.25, 0.3) is 0 Å². The van der Waals surface area contributed by atoms with Crippen molar-refractivity contribution in [2.45, 2.75) is 51.0 Å². The second-order valence-electron chi connectivity index (χ2n) is 7.49. The molecule has 1 aromatic rings. The number of piperazine rings is 1. The van der Waals surface area contributed by atoms with Crippen LogP contribution < -0.4 is 5.73 Å². The van der Waals surface area contributed by atoms with Gasteiger partial charge in [0.15, 0.2) is 0 Å². The molecule has 5 heteroatoms. The number of carbonyl (C=O) groups excluding carboxylic acids is 2. The molecule has 3 rings (SSSR count). The maximum atomic E-state index is 12.8. The molecule has 1 saturated carbocycles.